The van der Waals surface area contributed by atoms with Crippen molar-refractivity contribution in [3.63, 3.8) is 0 Å². The zero-order valence-electron chi connectivity index (χ0n) is 9.22. The molecule has 0 fully saturated rings. The van der Waals surface area contributed by atoms with E-state index in [0.717, 1.165) is 0 Å². The third kappa shape index (κ3) is 6.01. The van der Waals surface area contributed by atoms with Crippen molar-refractivity contribution in [2.24, 2.45) is 0 Å². The predicted molar refractivity (Wildman–Crippen MR) is 87.7 cm³/mol. The van der Waals surface area contributed by atoms with Gasteiger partial charge in [0, 0.05) is 19.3 Å². The van der Waals surface area contributed by atoms with Crippen molar-refractivity contribution in [1.29, 1.82) is 0 Å². The molecule has 0 saturated carbocycles. The molecule has 4 atom stereocenters. The third-order valence-electron chi connectivity index (χ3n) is 2.89. The van der Waals surface area contributed by atoms with E-state index in [1.165, 1.54) is 38.5 Å². The minimum atomic E-state index is 0.583. The second-order valence-corrected chi connectivity index (χ2v) is 8.97. The second-order valence-electron chi connectivity index (χ2n) is 4.27. The van der Waals surface area contributed by atoms with E-state index < -0.39 is 0 Å². The summed E-state index contributed by atoms with van der Waals surface area (Å²) in [5.74, 6) is 0. The van der Waals surface area contributed by atoms with Gasteiger partial charge in [-0.1, -0.05) is 75.9 Å². The van der Waals surface area contributed by atoms with Crippen LogP contribution in [0, 0.1) is 0 Å². The highest BCUT2D eigenvalue weighted by Gasteiger charge is 2.20. The summed E-state index contributed by atoms with van der Waals surface area (Å²) in [4.78, 5) is 2.34. The first kappa shape index (κ1) is 15.7. The molecule has 0 aliphatic heterocycles. The smallest absolute Gasteiger partial charge is 0.0274 e. The van der Waals surface area contributed by atoms with Crippen LogP contribution in [0.15, 0.2) is 12.2 Å². The molecule has 1 aliphatic rings. The summed E-state index contributed by atoms with van der Waals surface area (Å²) in [5, 5.41) is 0. The maximum absolute atomic E-state index is 3.78. The normalized spacial score (nSPS) is 40.8. The van der Waals surface area contributed by atoms with E-state index in [9.17, 15) is 0 Å². The first-order valence-corrected chi connectivity index (χ1v) is 9.49. The molecule has 0 N–H and O–H groups in total. The molecule has 4 heteroatoms. The van der Waals surface area contributed by atoms with Crippen molar-refractivity contribution in [1.82, 2.24) is 0 Å². The molecule has 0 heterocycles. The van der Waals surface area contributed by atoms with Crippen molar-refractivity contribution in [2.45, 2.75) is 57.8 Å². The summed E-state index contributed by atoms with van der Waals surface area (Å²) in [5.41, 5.74) is 0. The first-order chi connectivity index (χ1) is 7.61. The molecule has 0 aromatic heterocycles. The van der Waals surface area contributed by atoms with Gasteiger partial charge in [0.15, 0.2) is 0 Å². The number of hydrogen-bond acceptors (Lipinski definition) is 0. The van der Waals surface area contributed by atoms with Gasteiger partial charge in [-0.05, 0) is 38.5 Å². The lowest BCUT2D eigenvalue weighted by Crippen LogP contribution is -2.19. The van der Waals surface area contributed by atoms with Gasteiger partial charge in [0.2, 0.25) is 0 Å². The Morgan fingerprint density at radius 1 is 0.562 bits per heavy atom. The molecule has 0 saturated heterocycles. The van der Waals surface area contributed by atoms with Gasteiger partial charge < -0.3 is 0 Å². The average molecular weight is 482 g/mol. The van der Waals surface area contributed by atoms with Crippen LogP contribution < -0.4 is 0 Å². The highest BCUT2D eigenvalue weighted by atomic mass is 79.9. The standard InChI is InChI=1S/C12H18Br4/c13-9-5-3-1-2-4-6-10(14)12(16)8-7-11(9)15/h1-2,9-12H,3-8H2/b2-1-. The predicted octanol–water partition coefficient (Wildman–Crippen LogP) is 5.95. The molecule has 1 rings (SSSR count). The fraction of sp³-hybridized carbons (Fsp3) is 0.833. The molecule has 94 valence electrons. The number of allylic oxidation sites excluding steroid dienone is 2. The van der Waals surface area contributed by atoms with E-state index in [-0.39, 0.29) is 0 Å². The summed E-state index contributed by atoms with van der Waals surface area (Å²) in [6.45, 7) is 0. The van der Waals surface area contributed by atoms with Crippen LogP contribution >= 0.6 is 63.7 Å². The second kappa shape index (κ2) is 8.71. The molecule has 0 amide bonds. The largest absolute Gasteiger partial charge is 0.0885 e. The van der Waals surface area contributed by atoms with E-state index in [4.69, 9.17) is 0 Å². The van der Waals surface area contributed by atoms with Crippen molar-refractivity contribution < 1.29 is 0 Å². The van der Waals surface area contributed by atoms with Gasteiger partial charge in [-0.15, -0.1) is 0 Å². The fourth-order valence-electron chi connectivity index (χ4n) is 1.79. The Balaban J connectivity index is 2.52. The Labute approximate surface area is 133 Å². The van der Waals surface area contributed by atoms with Gasteiger partial charge >= 0.3 is 0 Å². The Morgan fingerprint density at radius 3 is 1.25 bits per heavy atom. The van der Waals surface area contributed by atoms with Gasteiger partial charge in [0.25, 0.3) is 0 Å². The Morgan fingerprint density at radius 2 is 0.875 bits per heavy atom. The number of rotatable bonds is 0. The van der Waals surface area contributed by atoms with Crippen LogP contribution in [0.5, 0.6) is 0 Å². The Hall–Kier alpha value is 1.66. The molecule has 0 nitrogen and oxygen atoms in total. The lowest BCUT2D eigenvalue weighted by molar-refractivity contribution is 0.617. The van der Waals surface area contributed by atoms with Crippen LogP contribution in [0.2, 0.25) is 0 Å². The van der Waals surface area contributed by atoms with Crippen LogP contribution in [0.4, 0.5) is 0 Å². The van der Waals surface area contributed by atoms with E-state index in [0.29, 0.717) is 19.3 Å². The lowest BCUT2D eigenvalue weighted by Gasteiger charge is -2.21. The minimum absolute atomic E-state index is 0.583. The van der Waals surface area contributed by atoms with Gasteiger partial charge in [0.05, 0.1) is 0 Å². The molecule has 0 bridgehead atoms. The number of hydrogen-bond donors (Lipinski definition) is 0. The zero-order chi connectivity index (χ0) is 12.0. The molecular formula is C12H18Br4. The Kier molecular flexibility index (Phi) is 8.55. The van der Waals surface area contributed by atoms with Crippen molar-refractivity contribution in [2.75, 3.05) is 0 Å². The van der Waals surface area contributed by atoms with E-state index in [1.807, 2.05) is 0 Å². The fourth-order valence-corrected chi connectivity index (χ4v) is 3.90. The highest BCUT2D eigenvalue weighted by Crippen LogP contribution is 2.29. The van der Waals surface area contributed by atoms with Crippen LogP contribution in [-0.4, -0.2) is 19.3 Å². The molecule has 0 aromatic carbocycles. The Bertz CT molecular complexity index is 195. The molecular weight excluding hydrogens is 464 g/mol. The zero-order valence-corrected chi connectivity index (χ0v) is 15.6. The molecule has 0 radical (unpaired) electrons. The topological polar surface area (TPSA) is 0 Å². The molecule has 4 unspecified atom stereocenters. The van der Waals surface area contributed by atoms with E-state index in [2.05, 4.69) is 75.9 Å². The maximum Gasteiger partial charge on any atom is 0.0274 e. The average Bonchev–Trinajstić information content (AvgIpc) is 2.27. The molecule has 1 aliphatic carbocycles. The SMILES string of the molecule is BrC1CC/C=C\CCC(Br)C(Br)CCC1Br. The lowest BCUT2D eigenvalue weighted by atomic mass is 10.0. The van der Waals surface area contributed by atoms with Crippen LogP contribution in [0.25, 0.3) is 0 Å². The summed E-state index contributed by atoms with van der Waals surface area (Å²) >= 11 is 15.1. The van der Waals surface area contributed by atoms with Crippen molar-refractivity contribution in [3.8, 4) is 0 Å². The molecule has 0 spiro atoms. The van der Waals surface area contributed by atoms with Gasteiger partial charge in [-0.3, -0.25) is 0 Å². The highest BCUT2D eigenvalue weighted by molar-refractivity contribution is 9.12. The van der Waals surface area contributed by atoms with Crippen LogP contribution in [-0.2, 0) is 0 Å². The van der Waals surface area contributed by atoms with E-state index in [1.54, 1.807) is 0 Å². The summed E-state index contributed by atoms with van der Waals surface area (Å²) in [6, 6.07) is 0. The molecule has 16 heavy (non-hydrogen) atoms. The van der Waals surface area contributed by atoms with Crippen molar-refractivity contribution >= 4 is 63.7 Å². The van der Waals surface area contributed by atoms with Crippen molar-refractivity contribution in [3.05, 3.63) is 12.2 Å². The third-order valence-corrected chi connectivity index (χ3v) is 8.69. The first-order valence-electron chi connectivity index (χ1n) is 5.82. The van der Waals surface area contributed by atoms with Gasteiger partial charge in [0.1, 0.15) is 0 Å². The number of alkyl halides is 4. The van der Waals surface area contributed by atoms with Crippen LogP contribution in [0.1, 0.15) is 38.5 Å². The van der Waals surface area contributed by atoms with E-state index >= 15 is 0 Å². The van der Waals surface area contributed by atoms with Crippen LogP contribution in [0.3, 0.4) is 0 Å². The maximum atomic E-state index is 3.78. The molecule has 0 aromatic rings. The quantitative estimate of drug-likeness (QED) is 0.296. The summed E-state index contributed by atoms with van der Waals surface area (Å²) in [6.07, 6.45) is 11.9. The minimum Gasteiger partial charge on any atom is -0.0885 e. The summed E-state index contributed by atoms with van der Waals surface area (Å²) < 4.78 is 0. The monoisotopic (exact) mass is 478 g/mol. The van der Waals surface area contributed by atoms with Gasteiger partial charge in [-0.25, -0.2) is 0 Å². The van der Waals surface area contributed by atoms with Gasteiger partial charge in [-0.2, -0.15) is 0 Å². The summed E-state index contributed by atoms with van der Waals surface area (Å²) in [7, 11) is 0. The number of halogens is 4.